The van der Waals surface area contributed by atoms with Gasteiger partial charge < -0.3 is 15.4 Å². The second-order valence-electron chi connectivity index (χ2n) is 3.92. The fourth-order valence-corrected chi connectivity index (χ4v) is 2.62. The topological polar surface area (TPSA) is 51.4 Å². The number of benzene rings is 1. The van der Waals surface area contributed by atoms with Crippen molar-refractivity contribution in [2.75, 3.05) is 23.8 Å². The summed E-state index contributed by atoms with van der Waals surface area (Å²) in [5.74, 6) is 0.972. The molecule has 17 heavy (non-hydrogen) atoms. The van der Waals surface area contributed by atoms with Crippen molar-refractivity contribution in [3.63, 3.8) is 0 Å². The average Bonchev–Trinajstić information content (AvgIpc) is 2.65. The first-order chi connectivity index (χ1) is 8.33. The number of nitrogens with two attached hydrogens (primary N) is 1. The number of nitrogen functional groups attached to an aromatic ring is 1. The minimum Gasteiger partial charge on any atom is -0.491 e. The third-order valence-corrected chi connectivity index (χ3v) is 3.62. The van der Waals surface area contributed by atoms with Crippen LogP contribution in [0.25, 0.3) is 0 Å². The van der Waals surface area contributed by atoms with Crippen LogP contribution in [0.2, 0.25) is 0 Å². The Morgan fingerprint density at radius 1 is 1.35 bits per heavy atom. The van der Waals surface area contributed by atoms with E-state index in [1.807, 2.05) is 18.2 Å². The first kappa shape index (κ1) is 10.4. The van der Waals surface area contributed by atoms with Crippen molar-refractivity contribution in [1.82, 2.24) is 4.98 Å². The van der Waals surface area contributed by atoms with Crippen molar-refractivity contribution in [2.45, 2.75) is 6.54 Å². The average molecular weight is 247 g/mol. The van der Waals surface area contributed by atoms with Crippen LogP contribution < -0.4 is 15.4 Å². The summed E-state index contributed by atoms with van der Waals surface area (Å²) < 4.78 is 5.71. The molecule has 1 aromatic carbocycles. The van der Waals surface area contributed by atoms with Gasteiger partial charge in [-0.05, 0) is 6.07 Å². The molecule has 2 aromatic rings. The van der Waals surface area contributed by atoms with Crippen LogP contribution in [0.3, 0.4) is 0 Å². The zero-order valence-corrected chi connectivity index (χ0v) is 10.1. The quantitative estimate of drug-likeness (QED) is 0.838. The van der Waals surface area contributed by atoms with Crippen molar-refractivity contribution in [3.8, 4) is 5.75 Å². The van der Waals surface area contributed by atoms with Gasteiger partial charge in [0.05, 0.1) is 12.7 Å². The number of thiazole rings is 1. The lowest BCUT2D eigenvalue weighted by Gasteiger charge is -2.18. The SMILES string of the molecule is Nc1cnc(N2CCOc3ccccc3C2)s1. The Bertz CT molecular complexity index is 526. The minimum absolute atomic E-state index is 0.677. The van der Waals surface area contributed by atoms with Crippen LogP contribution >= 0.6 is 11.3 Å². The van der Waals surface area contributed by atoms with Crippen LogP contribution in [0.15, 0.2) is 30.5 Å². The molecule has 0 radical (unpaired) electrons. The summed E-state index contributed by atoms with van der Waals surface area (Å²) in [6.45, 7) is 2.33. The molecule has 2 N–H and O–H groups in total. The van der Waals surface area contributed by atoms with E-state index in [2.05, 4.69) is 16.0 Å². The van der Waals surface area contributed by atoms with Crippen molar-refractivity contribution >= 4 is 21.5 Å². The normalized spacial score (nSPS) is 14.9. The molecule has 0 saturated carbocycles. The number of para-hydroxylation sites is 1. The van der Waals surface area contributed by atoms with Gasteiger partial charge in [-0.3, -0.25) is 0 Å². The number of rotatable bonds is 1. The molecule has 2 heterocycles. The van der Waals surface area contributed by atoms with E-state index in [9.17, 15) is 0 Å². The highest BCUT2D eigenvalue weighted by Crippen LogP contribution is 2.29. The smallest absolute Gasteiger partial charge is 0.187 e. The molecule has 1 aliphatic rings. The summed E-state index contributed by atoms with van der Waals surface area (Å²) in [5.41, 5.74) is 6.91. The number of anilines is 2. The molecule has 88 valence electrons. The Hall–Kier alpha value is -1.75. The van der Waals surface area contributed by atoms with Crippen molar-refractivity contribution < 1.29 is 4.74 Å². The number of aromatic nitrogens is 1. The Labute approximate surface area is 104 Å². The molecule has 0 bridgehead atoms. The lowest BCUT2D eigenvalue weighted by atomic mass is 10.2. The van der Waals surface area contributed by atoms with Gasteiger partial charge in [0.2, 0.25) is 0 Å². The summed E-state index contributed by atoms with van der Waals surface area (Å²) in [6.07, 6.45) is 1.71. The molecule has 0 saturated heterocycles. The predicted octanol–water partition coefficient (Wildman–Crippen LogP) is 2.12. The molecule has 5 heteroatoms. The minimum atomic E-state index is 0.677. The van der Waals surface area contributed by atoms with E-state index in [1.165, 1.54) is 16.9 Å². The van der Waals surface area contributed by atoms with Gasteiger partial charge in [0, 0.05) is 12.1 Å². The Morgan fingerprint density at radius 2 is 2.24 bits per heavy atom. The van der Waals surface area contributed by atoms with Crippen LogP contribution in [0.5, 0.6) is 5.75 Å². The summed E-state index contributed by atoms with van der Waals surface area (Å²) in [5, 5.41) is 1.71. The van der Waals surface area contributed by atoms with Gasteiger partial charge in [-0.15, -0.1) is 0 Å². The Morgan fingerprint density at radius 3 is 3.06 bits per heavy atom. The monoisotopic (exact) mass is 247 g/mol. The van der Waals surface area contributed by atoms with Crippen LogP contribution in [-0.2, 0) is 6.54 Å². The van der Waals surface area contributed by atoms with Crippen molar-refractivity contribution in [2.24, 2.45) is 0 Å². The lowest BCUT2D eigenvalue weighted by molar-refractivity contribution is 0.331. The zero-order chi connectivity index (χ0) is 11.7. The first-order valence-electron chi connectivity index (χ1n) is 5.50. The molecule has 0 fully saturated rings. The third kappa shape index (κ3) is 2.06. The molecule has 1 aromatic heterocycles. The van der Waals surface area contributed by atoms with E-state index in [1.54, 1.807) is 6.20 Å². The second-order valence-corrected chi connectivity index (χ2v) is 4.96. The maximum atomic E-state index is 5.72. The summed E-state index contributed by atoms with van der Waals surface area (Å²) in [6, 6.07) is 8.12. The summed E-state index contributed by atoms with van der Waals surface area (Å²) >= 11 is 1.52. The molecular formula is C12H13N3OS. The van der Waals surface area contributed by atoms with Crippen LogP contribution in [0, 0.1) is 0 Å². The van der Waals surface area contributed by atoms with Gasteiger partial charge in [0.25, 0.3) is 0 Å². The number of nitrogens with zero attached hydrogens (tertiary/aromatic N) is 2. The van der Waals surface area contributed by atoms with Gasteiger partial charge in [0.1, 0.15) is 17.4 Å². The van der Waals surface area contributed by atoms with Gasteiger partial charge in [-0.2, -0.15) is 0 Å². The predicted molar refractivity (Wildman–Crippen MR) is 69.5 cm³/mol. The maximum absolute atomic E-state index is 5.72. The summed E-state index contributed by atoms with van der Waals surface area (Å²) in [7, 11) is 0. The Kier molecular flexibility index (Phi) is 2.60. The first-order valence-corrected chi connectivity index (χ1v) is 6.31. The van der Waals surface area contributed by atoms with E-state index in [-0.39, 0.29) is 0 Å². The van der Waals surface area contributed by atoms with Gasteiger partial charge >= 0.3 is 0 Å². The lowest BCUT2D eigenvalue weighted by Crippen LogP contribution is -2.24. The van der Waals surface area contributed by atoms with E-state index < -0.39 is 0 Å². The zero-order valence-electron chi connectivity index (χ0n) is 9.30. The molecule has 1 aliphatic heterocycles. The molecule has 0 spiro atoms. The van der Waals surface area contributed by atoms with Crippen molar-refractivity contribution in [1.29, 1.82) is 0 Å². The van der Waals surface area contributed by atoms with E-state index in [0.717, 1.165) is 29.0 Å². The largest absolute Gasteiger partial charge is 0.491 e. The molecule has 3 rings (SSSR count). The van der Waals surface area contributed by atoms with Crippen LogP contribution in [0.4, 0.5) is 10.1 Å². The molecule has 4 nitrogen and oxygen atoms in total. The van der Waals surface area contributed by atoms with E-state index >= 15 is 0 Å². The highest BCUT2D eigenvalue weighted by Gasteiger charge is 2.17. The van der Waals surface area contributed by atoms with Gasteiger partial charge in [-0.25, -0.2) is 4.98 Å². The highest BCUT2D eigenvalue weighted by atomic mass is 32.1. The number of hydrogen-bond acceptors (Lipinski definition) is 5. The maximum Gasteiger partial charge on any atom is 0.187 e. The fourth-order valence-electron chi connectivity index (χ4n) is 1.91. The molecular weight excluding hydrogens is 234 g/mol. The molecule has 0 aliphatic carbocycles. The van der Waals surface area contributed by atoms with E-state index in [0.29, 0.717) is 6.61 Å². The fraction of sp³-hybridized carbons (Fsp3) is 0.250. The third-order valence-electron chi connectivity index (χ3n) is 2.73. The van der Waals surface area contributed by atoms with Crippen LogP contribution in [-0.4, -0.2) is 18.1 Å². The molecule has 0 unspecified atom stereocenters. The van der Waals surface area contributed by atoms with Crippen molar-refractivity contribution in [3.05, 3.63) is 36.0 Å². The number of fused-ring (bicyclic) bond motifs is 1. The number of hydrogen-bond donors (Lipinski definition) is 1. The van der Waals surface area contributed by atoms with Crippen LogP contribution in [0.1, 0.15) is 5.56 Å². The molecule has 0 atom stereocenters. The molecule has 0 amide bonds. The second kappa shape index (κ2) is 4.25. The Balaban J connectivity index is 1.90. The van der Waals surface area contributed by atoms with Gasteiger partial charge in [0.15, 0.2) is 5.13 Å². The summed E-state index contributed by atoms with van der Waals surface area (Å²) in [4.78, 5) is 6.52. The highest BCUT2D eigenvalue weighted by molar-refractivity contribution is 7.19. The van der Waals surface area contributed by atoms with Gasteiger partial charge in [-0.1, -0.05) is 29.5 Å². The number of ether oxygens (including phenoxy) is 1. The standard InChI is InChI=1S/C12H13N3OS/c13-11-7-14-12(17-11)15-5-6-16-10-4-2-1-3-9(10)8-15/h1-4,7H,5-6,8,13H2. The van der Waals surface area contributed by atoms with E-state index in [4.69, 9.17) is 10.5 Å².